The van der Waals surface area contributed by atoms with E-state index in [0.717, 1.165) is 6.42 Å². The molecule has 0 aliphatic carbocycles. The van der Waals surface area contributed by atoms with Gasteiger partial charge in [-0.1, -0.05) is 11.6 Å². The van der Waals surface area contributed by atoms with Gasteiger partial charge in [-0.3, -0.25) is 0 Å². The summed E-state index contributed by atoms with van der Waals surface area (Å²) < 4.78 is 5.35. The first-order chi connectivity index (χ1) is 9.83. The lowest BCUT2D eigenvalue weighted by molar-refractivity contribution is 0.0292. The first-order valence-electron chi connectivity index (χ1n) is 6.83. The summed E-state index contributed by atoms with van der Waals surface area (Å²) in [6.45, 7) is 6.87. The zero-order valence-corrected chi connectivity index (χ0v) is 13.2. The fourth-order valence-electron chi connectivity index (χ4n) is 1.96. The molecule has 0 aromatic carbocycles. The van der Waals surface area contributed by atoms with Crippen LogP contribution in [0.15, 0.2) is 17.4 Å². The van der Waals surface area contributed by atoms with E-state index in [-0.39, 0.29) is 12.0 Å². The van der Waals surface area contributed by atoms with Crippen molar-refractivity contribution < 1.29 is 9.53 Å². The molecular formula is C14H19ClN4O2. The number of carbonyl (C=O) groups excluding carboxylic acids is 1. The predicted octanol–water partition coefficient (Wildman–Crippen LogP) is 3.09. The molecule has 6 nitrogen and oxygen atoms in total. The monoisotopic (exact) mass is 310 g/mol. The number of nitrogens with zero attached hydrogens (tertiary/aromatic N) is 4. The lowest BCUT2D eigenvalue weighted by Crippen LogP contribution is -2.35. The van der Waals surface area contributed by atoms with Crippen LogP contribution in [0.2, 0.25) is 5.15 Å². The van der Waals surface area contributed by atoms with Crippen LogP contribution in [0.3, 0.4) is 0 Å². The van der Waals surface area contributed by atoms with Gasteiger partial charge < -0.3 is 9.64 Å². The highest BCUT2D eigenvalue weighted by atomic mass is 35.5. The van der Waals surface area contributed by atoms with Gasteiger partial charge in [-0.05, 0) is 27.2 Å². The molecule has 21 heavy (non-hydrogen) atoms. The van der Waals surface area contributed by atoms with Gasteiger partial charge in [0.25, 0.3) is 0 Å². The van der Waals surface area contributed by atoms with Gasteiger partial charge in [0, 0.05) is 25.2 Å². The number of rotatable bonds is 2. The third-order valence-electron chi connectivity index (χ3n) is 2.90. The van der Waals surface area contributed by atoms with Crippen LogP contribution >= 0.6 is 11.6 Å². The standard InChI is InChI=1S/C14H19ClN4O2/c1-14(2,3)21-13(20)19-5-4-10(9-19)6-17-12-8-16-11(15)7-18-12/h6-8,10H,4-5,9H2,1-3H3/b17-6+. The van der Waals surface area contributed by atoms with Crippen LogP contribution < -0.4 is 0 Å². The summed E-state index contributed by atoms with van der Waals surface area (Å²) >= 11 is 5.66. The van der Waals surface area contributed by atoms with E-state index in [1.807, 2.05) is 27.0 Å². The van der Waals surface area contributed by atoms with Gasteiger partial charge in [-0.25, -0.2) is 19.8 Å². The Morgan fingerprint density at radius 1 is 1.48 bits per heavy atom. The Morgan fingerprint density at radius 2 is 2.24 bits per heavy atom. The molecule has 114 valence electrons. The van der Waals surface area contributed by atoms with Crippen LogP contribution in [0.5, 0.6) is 0 Å². The summed E-state index contributed by atoms with van der Waals surface area (Å²) in [6, 6.07) is 0. The minimum absolute atomic E-state index is 0.204. The molecule has 1 aromatic heterocycles. The van der Waals surface area contributed by atoms with Gasteiger partial charge in [0.05, 0.1) is 12.4 Å². The molecule has 0 spiro atoms. The van der Waals surface area contributed by atoms with Crippen molar-refractivity contribution in [1.29, 1.82) is 0 Å². The van der Waals surface area contributed by atoms with Gasteiger partial charge in [0.1, 0.15) is 10.8 Å². The van der Waals surface area contributed by atoms with Crippen molar-refractivity contribution in [2.45, 2.75) is 32.8 Å². The second-order valence-electron chi connectivity index (χ2n) is 5.95. The van der Waals surface area contributed by atoms with E-state index < -0.39 is 5.60 Å². The van der Waals surface area contributed by atoms with Crippen LogP contribution in [-0.4, -0.2) is 45.9 Å². The minimum atomic E-state index is -0.470. The Hall–Kier alpha value is -1.69. The Labute approximate surface area is 129 Å². The molecule has 1 atom stereocenters. The third-order valence-corrected chi connectivity index (χ3v) is 3.10. The number of amides is 1. The van der Waals surface area contributed by atoms with Crippen LogP contribution in [0.4, 0.5) is 10.6 Å². The van der Waals surface area contributed by atoms with Crippen LogP contribution in [0.1, 0.15) is 27.2 Å². The topological polar surface area (TPSA) is 67.7 Å². The summed E-state index contributed by atoms with van der Waals surface area (Å²) in [4.78, 5) is 25.9. The Balaban J connectivity index is 1.87. The smallest absolute Gasteiger partial charge is 0.410 e. The first-order valence-corrected chi connectivity index (χ1v) is 7.21. The number of carbonyl (C=O) groups is 1. The van der Waals surface area contributed by atoms with E-state index in [9.17, 15) is 4.79 Å². The quantitative estimate of drug-likeness (QED) is 0.787. The molecule has 1 fully saturated rings. The van der Waals surface area contributed by atoms with Crippen molar-refractivity contribution >= 4 is 29.7 Å². The molecule has 0 saturated carbocycles. The number of likely N-dealkylation sites (tertiary alicyclic amines) is 1. The molecule has 2 rings (SSSR count). The summed E-state index contributed by atoms with van der Waals surface area (Å²) in [7, 11) is 0. The lowest BCUT2D eigenvalue weighted by Gasteiger charge is -2.24. The number of halogens is 1. The van der Waals surface area contributed by atoms with Crippen molar-refractivity contribution in [3.8, 4) is 0 Å². The highest BCUT2D eigenvalue weighted by Gasteiger charge is 2.28. The predicted molar refractivity (Wildman–Crippen MR) is 81.1 cm³/mol. The van der Waals surface area contributed by atoms with E-state index in [4.69, 9.17) is 16.3 Å². The largest absolute Gasteiger partial charge is 0.444 e. The SMILES string of the molecule is CC(C)(C)OC(=O)N1CCC(/C=N/c2cnc(Cl)cn2)C1. The van der Waals surface area contributed by atoms with E-state index in [2.05, 4.69) is 15.0 Å². The van der Waals surface area contributed by atoms with Crippen molar-refractivity contribution in [3.05, 3.63) is 17.5 Å². The molecule has 2 heterocycles. The molecule has 1 aliphatic rings. The second-order valence-corrected chi connectivity index (χ2v) is 6.34. The zero-order chi connectivity index (χ0) is 15.5. The minimum Gasteiger partial charge on any atom is -0.444 e. The van der Waals surface area contributed by atoms with Crippen LogP contribution in [0, 0.1) is 5.92 Å². The molecule has 1 saturated heterocycles. The number of hydrogen-bond donors (Lipinski definition) is 0. The van der Waals surface area contributed by atoms with E-state index >= 15 is 0 Å². The van der Waals surface area contributed by atoms with Crippen molar-refractivity contribution in [2.24, 2.45) is 10.9 Å². The number of aromatic nitrogens is 2. The van der Waals surface area contributed by atoms with Gasteiger partial charge in [0.15, 0.2) is 5.82 Å². The fourth-order valence-corrected chi connectivity index (χ4v) is 2.05. The van der Waals surface area contributed by atoms with Gasteiger partial charge in [-0.2, -0.15) is 0 Å². The Bertz CT molecular complexity index is 525. The summed E-state index contributed by atoms with van der Waals surface area (Å²) in [5.41, 5.74) is -0.470. The van der Waals surface area contributed by atoms with Gasteiger partial charge >= 0.3 is 6.09 Å². The molecule has 1 aromatic rings. The molecule has 0 radical (unpaired) electrons. The van der Waals surface area contributed by atoms with Crippen LogP contribution in [0.25, 0.3) is 0 Å². The number of aliphatic imine (C=N–C) groups is 1. The normalized spacial score (nSPS) is 19.2. The maximum Gasteiger partial charge on any atom is 0.410 e. The van der Waals surface area contributed by atoms with Crippen molar-refractivity contribution in [1.82, 2.24) is 14.9 Å². The average molecular weight is 311 g/mol. The van der Waals surface area contributed by atoms with E-state index in [1.165, 1.54) is 12.4 Å². The fraction of sp³-hybridized carbons (Fsp3) is 0.571. The van der Waals surface area contributed by atoms with Crippen LogP contribution in [-0.2, 0) is 4.74 Å². The zero-order valence-electron chi connectivity index (χ0n) is 12.4. The van der Waals surface area contributed by atoms with Gasteiger partial charge in [-0.15, -0.1) is 0 Å². The molecule has 1 amide bonds. The summed E-state index contributed by atoms with van der Waals surface area (Å²) in [6.07, 6.45) is 5.37. The summed E-state index contributed by atoms with van der Waals surface area (Å²) in [5, 5.41) is 0.339. The van der Waals surface area contributed by atoms with Gasteiger partial charge in [0.2, 0.25) is 0 Å². The van der Waals surface area contributed by atoms with E-state index in [1.54, 1.807) is 4.90 Å². The second kappa shape index (κ2) is 6.39. The first kappa shape index (κ1) is 15.7. The Kier molecular flexibility index (Phi) is 4.77. The molecule has 0 bridgehead atoms. The molecule has 0 N–H and O–H groups in total. The molecular weight excluding hydrogens is 292 g/mol. The number of hydrogen-bond acceptors (Lipinski definition) is 5. The third kappa shape index (κ3) is 4.97. The highest BCUT2D eigenvalue weighted by molar-refractivity contribution is 6.29. The van der Waals surface area contributed by atoms with E-state index in [0.29, 0.717) is 24.1 Å². The van der Waals surface area contributed by atoms with Crippen molar-refractivity contribution in [3.63, 3.8) is 0 Å². The lowest BCUT2D eigenvalue weighted by atomic mass is 10.1. The maximum absolute atomic E-state index is 11.9. The average Bonchev–Trinajstić information content (AvgIpc) is 2.85. The van der Waals surface area contributed by atoms with Crippen molar-refractivity contribution in [2.75, 3.05) is 13.1 Å². The highest BCUT2D eigenvalue weighted by Crippen LogP contribution is 2.19. The summed E-state index contributed by atoms with van der Waals surface area (Å²) in [5.74, 6) is 0.713. The number of ether oxygens (including phenoxy) is 1. The molecule has 1 aliphatic heterocycles. The Morgan fingerprint density at radius 3 is 2.86 bits per heavy atom. The maximum atomic E-state index is 11.9. The molecule has 7 heteroatoms. The molecule has 1 unspecified atom stereocenters.